The van der Waals surface area contributed by atoms with Crippen molar-refractivity contribution >= 4 is 27.7 Å². The van der Waals surface area contributed by atoms with Gasteiger partial charge in [0.25, 0.3) is 0 Å². The number of likely N-dealkylation sites (N-methyl/N-ethyl adjacent to an activating group) is 1. The second-order valence-corrected chi connectivity index (χ2v) is 7.61. The lowest BCUT2D eigenvalue weighted by Gasteiger charge is -2.21. The summed E-state index contributed by atoms with van der Waals surface area (Å²) in [4.78, 5) is 11.2. The third-order valence-corrected chi connectivity index (χ3v) is 5.37. The van der Waals surface area contributed by atoms with E-state index in [-0.39, 0.29) is 34.6 Å². The lowest BCUT2D eigenvalue weighted by Crippen LogP contribution is -2.40. The van der Waals surface area contributed by atoms with Gasteiger partial charge in [0, 0.05) is 18.5 Å². The zero-order valence-electron chi connectivity index (χ0n) is 12.6. The van der Waals surface area contributed by atoms with E-state index < -0.39 is 21.4 Å². The lowest BCUT2D eigenvalue weighted by molar-refractivity contribution is -0.120. The topological polar surface area (TPSA) is 66.5 Å². The fourth-order valence-electron chi connectivity index (χ4n) is 1.74. The summed E-state index contributed by atoms with van der Waals surface area (Å²) in [6.45, 7) is 1.55. The summed E-state index contributed by atoms with van der Waals surface area (Å²) in [5, 5.41) is 2.34. The first-order valence-electron chi connectivity index (χ1n) is 6.66. The van der Waals surface area contributed by atoms with Crippen molar-refractivity contribution in [3.8, 4) is 0 Å². The molecule has 0 spiro atoms. The molecule has 5 nitrogen and oxygen atoms in total. The van der Waals surface area contributed by atoms with Crippen LogP contribution in [0.4, 0.5) is 13.2 Å². The van der Waals surface area contributed by atoms with Crippen LogP contribution in [0, 0.1) is 0 Å². The molecule has 0 unspecified atom stereocenters. The molecule has 0 aromatic heterocycles. The van der Waals surface area contributed by atoms with Gasteiger partial charge in [-0.25, -0.2) is 8.42 Å². The summed E-state index contributed by atoms with van der Waals surface area (Å²) < 4.78 is 62.8. The number of nitrogens with one attached hydrogen (secondary N) is 1. The average Bonchev–Trinajstić information content (AvgIpc) is 2.45. The van der Waals surface area contributed by atoms with Crippen molar-refractivity contribution in [2.24, 2.45) is 0 Å². The number of sulfonamides is 1. The van der Waals surface area contributed by atoms with Crippen molar-refractivity contribution in [1.29, 1.82) is 0 Å². The summed E-state index contributed by atoms with van der Waals surface area (Å²) in [6.07, 6.45) is 0.498. The Balaban J connectivity index is 3.02. The highest BCUT2D eigenvalue weighted by molar-refractivity contribution is 8.00. The molecule has 1 aromatic carbocycles. The van der Waals surface area contributed by atoms with Gasteiger partial charge in [0.2, 0.25) is 15.9 Å². The average molecular weight is 370 g/mol. The fraction of sp³-hybridized carbons (Fsp3) is 0.462. The van der Waals surface area contributed by atoms with Crippen LogP contribution in [0.25, 0.3) is 0 Å². The molecule has 0 aliphatic heterocycles. The van der Waals surface area contributed by atoms with Gasteiger partial charge in [-0.15, -0.1) is 0 Å². The SMILES string of the molecule is CCCN(CC(=O)NC)S(=O)(=O)c1ccc(SC(F)(F)F)cc1. The Morgan fingerprint density at radius 1 is 1.26 bits per heavy atom. The minimum atomic E-state index is -4.44. The Kier molecular flexibility index (Phi) is 6.90. The molecule has 0 saturated carbocycles. The summed E-state index contributed by atoms with van der Waals surface area (Å²) in [7, 11) is -2.56. The van der Waals surface area contributed by atoms with E-state index in [4.69, 9.17) is 0 Å². The van der Waals surface area contributed by atoms with E-state index in [1.807, 2.05) is 0 Å². The quantitative estimate of drug-likeness (QED) is 0.749. The van der Waals surface area contributed by atoms with E-state index in [1.54, 1.807) is 6.92 Å². The Morgan fingerprint density at radius 3 is 2.26 bits per heavy atom. The highest BCUT2D eigenvalue weighted by Gasteiger charge is 2.30. The second-order valence-electron chi connectivity index (χ2n) is 4.53. The minimum absolute atomic E-state index is 0.107. The van der Waals surface area contributed by atoms with Gasteiger partial charge in [0.05, 0.1) is 11.4 Å². The van der Waals surface area contributed by atoms with E-state index in [2.05, 4.69) is 5.32 Å². The van der Waals surface area contributed by atoms with Crippen LogP contribution in [-0.2, 0) is 14.8 Å². The molecule has 0 atom stereocenters. The number of hydrogen-bond donors (Lipinski definition) is 1. The highest BCUT2D eigenvalue weighted by atomic mass is 32.2. The maximum Gasteiger partial charge on any atom is 0.446 e. The number of carbonyl (C=O) groups excluding carboxylic acids is 1. The van der Waals surface area contributed by atoms with Gasteiger partial charge in [0.15, 0.2) is 0 Å². The van der Waals surface area contributed by atoms with E-state index in [0.29, 0.717) is 6.42 Å². The van der Waals surface area contributed by atoms with Crippen molar-refractivity contribution in [2.45, 2.75) is 28.6 Å². The molecule has 0 saturated heterocycles. The van der Waals surface area contributed by atoms with E-state index in [1.165, 1.54) is 7.05 Å². The summed E-state index contributed by atoms with van der Waals surface area (Å²) in [5.41, 5.74) is -4.44. The molecule has 0 fully saturated rings. The van der Waals surface area contributed by atoms with Crippen LogP contribution < -0.4 is 5.32 Å². The Morgan fingerprint density at radius 2 is 1.83 bits per heavy atom. The maximum atomic E-state index is 12.5. The van der Waals surface area contributed by atoms with Crippen LogP contribution >= 0.6 is 11.8 Å². The molecule has 130 valence electrons. The molecule has 0 bridgehead atoms. The number of carbonyl (C=O) groups is 1. The molecule has 1 N–H and O–H groups in total. The zero-order valence-corrected chi connectivity index (χ0v) is 14.2. The Bertz CT molecular complexity index is 631. The van der Waals surface area contributed by atoms with Gasteiger partial charge >= 0.3 is 5.51 Å². The third-order valence-electron chi connectivity index (χ3n) is 2.77. The van der Waals surface area contributed by atoms with Crippen LogP contribution in [-0.4, -0.2) is 44.3 Å². The first kappa shape index (κ1) is 19.8. The number of rotatable bonds is 7. The van der Waals surface area contributed by atoms with E-state index in [9.17, 15) is 26.4 Å². The normalized spacial score (nSPS) is 12.4. The van der Waals surface area contributed by atoms with Crippen LogP contribution in [0.2, 0.25) is 0 Å². The maximum absolute atomic E-state index is 12.5. The first-order chi connectivity index (χ1) is 10.6. The van der Waals surface area contributed by atoms with Gasteiger partial charge in [-0.3, -0.25) is 4.79 Å². The van der Waals surface area contributed by atoms with Crippen LogP contribution in [0.1, 0.15) is 13.3 Å². The lowest BCUT2D eigenvalue weighted by atomic mass is 10.4. The second kappa shape index (κ2) is 8.02. The smallest absolute Gasteiger partial charge is 0.358 e. The number of hydrogen-bond acceptors (Lipinski definition) is 4. The van der Waals surface area contributed by atoms with Gasteiger partial charge in [-0.05, 0) is 42.4 Å². The molecule has 0 radical (unpaired) electrons. The van der Waals surface area contributed by atoms with E-state index >= 15 is 0 Å². The monoisotopic (exact) mass is 370 g/mol. The highest BCUT2D eigenvalue weighted by Crippen LogP contribution is 2.37. The van der Waals surface area contributed by atoms with Crippen molar-refractivity contribution in [1.82, 2.24) is 9.62 Å². The molecule has 1 amide bonds. The van der Waals surface area contributed by atoms with Crippen molar-refractivity contribution < 1.29 is 26.4 Å². The van der Waals surface area contributed by atoms with Gasteiger partial charge in [0.1, 0.15) is 0 Å². The molecule has 0 aliphatic rings. The van der Waals surface area contributed by atoms with Gasteiger partial charge in [-0.1, -0.05) is 6.92 Å². The molecular weight excluding hydrogens is 353 g/mol. The number of benzene rings is 1. The molecule has 10 heteroatoms. The van der Waals surface area contributed by atoms with Gasteiger partial charge < -0.3 is 5.32 Å². The Hall–Kier alpha value is -1.26. The summed E-state index contributed by atoms with van der Waals surface area (Å²) in [5.74, 6) is -0.466. The molecular formula is C13H17F3N2O3S2. The number of alkyl halides is 3. The van der Waals surface area contributed by atoms with Crippen molar-refractivity contribution in [2.75, 3.05) is 20.1 Å². The van der Waals surface area contributed by atoms with E-state index in [0.717, 1.165) is 28.6 Å². The summed E-state index contributed by atoms with van der Waals surface area (Å²) >= 11 is -0.320. The minimum Gasteiger partial charge on any atom is -0.358 e. The van der Waals surface area contributed by atoms with Gasteiger partial charge in [-0.2, -0.15) is 17.5 Å². The van der Waals surface area contributed by atoms with Crippen LogP contribution in [0.15, 0.2) is 34.1 Å². The number of amides is 1. The van der Waals surface area contributed by atoms with Crippen LogP contribution in [0.5, 0.6) is 0 Å². The number of halogens is 3. The molecule has 23 heavy (non-hydrogen) atoms. The fourth-order valence-corrected chi connectivity index (χ4v) is 3.76. The van der Waals surface area contributed by atoms with Crippen molar-refractivity contribution in [3.05, 3.63) is 24.3 Å². The molecule has 0 aliphatic carbocycles. The van der Waals surface area contributed by atoms with Crippen molar-refractivity contribution in [3.63, 3.8) is 0 Å². The molecule has 1 rings (SSSR count). The first-order valence-corrected chi connectivity index (χ1v) is 8.92. The summed E-state index contributed by atoms with van der Waals surface area (Å²) in [6, 6.07) is 4.40. The van der Waals surface area contributed by atoms with Crippen LogP contribution in [0.3, 0.4) is 0 Å². The predicted molar refractivity (Wildman–Crippen MR) is 81.5 cm³/mol. The molecule has 0 heterocycles. The third kappa shape index (κ3) is 6.04. The number of nitrogens with zero attached hydrogens (tertiary/aromatic N) is 1. The Labute approximate surface area is 137 Å². The predicted octanol–water partition coefficient (Wildman–Crippen LogP) is 2.45. The largest absolute Gasteiger partial charge is 0.446 e. The standard InChI is InChI=1S/C13H17F3N2O3S2/c1-3-8-18(9-12(19)17-2)23(20,21)11-6-4-10(5-7-11)22-13(14,15)16/h4-7H,3,8-9H2,1-2H3,(H,17,19). The molecule has 1 aromatic rings. The zero-order chi connectivity index (χ0) is 17.7. The number of thioether (sulfide) groups is 1.